The molecule has 0 amide bonds. The Kier molecular flexibility index (Phi) is 9.38. The van der Waals surface area contributed by atoms with E-state index in [0.29, 0.717) is 0 Å². The monoisotopic (exact) mass is 336 g/mol. The van der Waals surface area contributed by atoms with Crippen LogP contribution in [0, 0.1) is 10.1 Å². The molecule has 0 aliphatic carbocycles. The first-order valence-electron chi connectivity index (χ1n) is 9.24. The lowest BCUT2D eigenvalue weighted by molar-refractivity contribution is -0.916. The molecule has 0 spiro atoms. The maximum absolute atomic E-state index is 11.0. The third-order valence-electron chi connectivity index (χ3n) is 4.85. The molecule has 0 aromatic carbocycles. The van der Waals surface area contributed by atoms with Gasteiger partial charge in [0.05, 0.1) is 37.6 Å². The van der Waals surface area contributed by atoms with Crippen LogP contribution >= 0.6 is 0 Å². The van der Waals surface area contributed by atoms with Crippen molar-refractivity contribution < 1.29 is 9.41 Å². The Morgan fingerprint density at radius 3 is 2.54 bits per heavy atom. The Labute approximate surface area is 147 Å². The number of rotatable bonds is 11. The molecular formula is C19H34N3O2+. The van der Waals surface area contributed by atoms with E-state index >= 15 is 0 Å². The van der Waals surface area contributed by atoms with Gasteiger partial charge in [0.2, 0.25) is 0 Å². The minimum atomic E-state index is -0.344. The quantitative estimate of drug-likeness (QED) is 0.189. The van der Waals surface area contributed by atoms with Gasteiger partial charge >= 0.3 is 0 Å². The van der Waals surface area contributed by atoms with Gasteiger partial charge in [0, 0.05) is 38.2 Å². The maximum atomic E-state index is 11.0. The second-order valence-electron chi connectivity index (χ2n) is 6.82. The second-order valence-corrected chi connectivity index (χ2v) is 6.82. The van der Waals surface area contributed by atoms with Crippen molar-refractivity contribution in [1.29, 1.82) is 0 Å². The first-order valence-corrected chi connectivity index (χ1v) is 9.24. The predicted molar refractivity (Wildman–Crippen MR) is 100 cm³/mol. The van der Waals surface area contributed by atoms with Gasteiger partial charge in [-0.2, -0.15) is 0 Å². The van der Waals surface area contributed by atoms with Crippen molar-refractivity contribution in [2.75, 3.05) is 39.8 Å². The van der Waals surface area contributed by atoms with E-state index in [1.54, 1.807) is 18.2 Å². The largest absolute Gasteiger partial charge is 0.375 e. The standard InChI is InChI=1S/C19H34N3O2/c1-4-6-8-15-22(16-9-10-17-22)18-14-20(3)13-12-19(21(23)24)11-7-5-2/h5,7,11-13H,4,6,8-10,14-18H2,1-3H3/q+1/b7-5-,13-12+,19-11+. The number of likely N-dealkylation sites (N-methyl/N-ethyl adjacent to an activating group) is 1. The van der Waals surface area contributed by atoms with Crippen molar-refractivity contribution in [3.8, 4) is 0 Å². The molecule has 0 aromatic rings. The van der Waals surface area contributed by atoms with Gasteiger partial charge in [0.15, 0.2) is 0 Å². The molecule has 0 N–H and O–H groups in total. The van der Waals surface area contributed by atoms with Gasteiger partial charge in [-0.15, -0.1) is 0 Å². The molecule has 5 heteroatoms. The zero-order valence-corrected chi connectivity index (χ0v) is 15.6. The number of nitrogens with zero attached hydrogens (tertiary/aromatic N) is 3. The fraction of sp³-hybridized carbons (Fsp3) is 0.684. The zero-order valence-electron chi connectivity index (χ0n) is 15.6. The van der Waals surface area contributed by atoms with Crippen LogP contribution in [0.1, 0.15) is 46.0 Å². The van der Waals surface area contributed by atoms with Gasteiger partial charge in [0.25, 0.3) is 5.70 Å². The van der Waals surface area contributed by atoms with Crippen molar-refractivity contribution in [2.24, 2.45) is 0 Å². The summed E-state index contributed by atoms with van der Waals surface area (Å²) in [5.74, 6) is 0. The summed E-state index contributed by atoms with van der Waals surface area (Å²) >= 11 is 0. The molecule has 0 radical (unpaired) electrons. The van der Waals surface area contributed by atoms with Crippen LogP contribution in [0.3, 0.4) is 0 Å². The highest BCUT2D eigenvalue weighted by Crippen LogP contribution is 2.20. The van der Waals surface area contributed by atoms with Crippen LogP contribution in [0.5, 0.6) is 0 Å². The number of nitro groups is 1. The van der Waals surface area contributed by atoms with Crippen LogP contribution in [0.25, 0.3) is 0 Å². The summed E-state index contributed by atoms with van der Waals surface area (Å²) in [6.45, 7) is 10.1. The first kappa shape index (κ1) is 20.4. The van der Waals surface area contributed by atoms with E-state index in [1.165, 1.54) is 62.3 Å². The van der Waals surface area contributed by atoms with Crippen molar-refractivity contribution in [2.45, 2.75) is 46.0 Å². The van der Waals surface area contributed by atoms with Crippen molar-refractivity contribution in [1.82, 2.24) is 4.90 Å². The molecule has 5 nitrogen and oxygen atoms in total. The van der Waals surface area contributed by atoms with Crippen molar-refractivity contribution >= 4 is 0 Å². The summed E-state index contributed by atoms with van der Waals surface area (Å²) in [6.07, 6.45) is 15.0. The van der Waals surface area contributed by atoms with Crippen LogP contribution in [0.15, 0.2) is 36.2 Å². The fourth-order valence-corrected chi connectivity index (χ4v) is 3.28. The van der Waals surface area contributed by atoms with Gasteiger partial charge in [-0.3, -0.25) is 10.1 Å². The summed E-state index contributed by atoms with van der Waals surface area (Å²) in [4.78, 5) is 12.7. The summed E-state index contributed by atoms with van der Waals surface area (Å²) in [6, 6.07) is 0. The van der Waals surface area contributed by atoms with Gasteiger partial charge < -0.3 is 9.38 Å². The summed E-state index contributed by atoms with van der Waals surface area (Å²) in [5, 5.41) is 11.0. The first-order chi connectivity index (χ1) is 11.5. The van der Waals surface area contributed by atoms with Gasteiger partial charge in [-0.05, 0) is 19.8 Å². The van der Waals surface area contributed by atoms with E-state index in [0.717, 1.165) is 13.1 Å². The highest BCUT2D eigenvalue weighted by molar-refractivity contribution is 5.16. The molecule has 1 rings (SSSR count). The summed E-state index contributed by atoms with van der Waals surface area (Å²) in [7, 11) is 2.00. The lowest BCUT2D eigenvalue weighted by Crippen LogP contribution is -2.49. The molecule has 1 saturated heterocycles. The molecule has 136 valence electrons. The summed E-state index contributed by atoms with van der Waals surface area (Å²) in [5.41, 5.74) is 0.118. The van der Waals surface area contributed by atoms with Crippen LogP contribution in [-0.2, 0) is 0 Å². The number of quaternary nitrogens is 1. The molecule has 1 heterocycles. The van der Waals surface area contributed by atoms with E-state index < -0.39 is 0 Å². The molecule has 1 fully saturated rings. The Balaban J connectivity index is 2.54. The Hall–Kier alpha value is -1.62. The minimum Gasteiger partial charge on any atom is -0.375 e. The summed E-state index contributed by atoms with van der Waals surface area (Å²) < 4.78 is 1.23. The predicted octanol–water partition coefficient (Wildman–Crippen LogP) is 3.97. The van der Waals surface area contributed by atoms with Gasteiger partial charge in [-0.25, -0.2) is 0 Å². The van der Waals surface area contributed by atoms with Crippen molar-refractivity contribution in [3.63, 3.8) is 0 Å². The third-order valence-corrected chi connectivity index (χ3v) is 4.85. The van der Waals surface area contributed by atoms with E-state index in [1.807, 2.05) is 20.2 Å². The average molecular weight is 337 g/mol. The molecule has 1 aliphatic heterocycles. The van der Waals surface area contributed by atoms with Crippen LogP contribution in [0.2, 0.25) is 0 Å². The van der Waals surface area contributed by atoms with Crippen LogP contribution in [-0.4, -0.2) is 54.1 Å². The Morgan fingerprint density at radius 2 is 1.96 bits per heavy atom. The SMILES string of the molecule is C\C=C/C=C(\C=C\N(C)CC[N+]1(CCCCC)CCCC1)[N+](=O)[O-]. The molecular weight excluding hydrogens is 302 g/mol. The highest BCUT2D eigenvalue weighted by Gasteiger charge is 2.30. The maximum Gasteiger partial charge on any atom is 0.270 e. The van der Waals surface area contributed by atoms with Crippen LogP contribution < -0.4 is 0 Å². The van der Waals surface area contributed by atoms with Gasteiger partial charge in [-0.1, -0.05) is 25.5 Å². The van der Waals surface area contributed by atoms with Crippen molar-refractivity contribution in [3.05, 3.63) is 46.3 Å². The molecule has 0 aromatic heterocycles. The number of unbranched alkanes of at least 4 members (excludes halogenated alkanes) is 2. The second kappa shape index (κ2) is 11.0. The number of hydrogen-bond acceptors (Lipinski definition) is 3. The third kappa shape index (κ3) is 7.30. The van der Waals surface area contributed by atoms with E-state index in [2.05, 4.69) is 11.8 Å². The van der Waals surface area contributed by atoms with E-state index in [4.69, 9.17) is 0 Å². The van der Waals surface area contributed by atoms with Crippen LogP contribution in [0.4, 0.5) is 0 Å². The zero-order chi connectivity index (χ0) is 17.8. The minimum absolute atomic E-state index is 0.118. The smallest absolute Gasteiger partial charge is 0.270 e. The highest BCUT2D eigenvalue weighted by atomic mass is 16.6. The van der Waals surface area contributed by atoms with E-state index in [9.17, 15) is 10.1 Å². The Morgan fingerprint density at radius 1 is 1.25 bits per heavy atom. The Bertz CT molecular complexity index is 463. The number of allylic oxidation sites excluding steroid dienone is 4. The molecule has 0 saturated carbocycles. The van der Waals surface area contributed by atoms with Gasteiger partial charge in [0.1, 0.15) is 0 Å². The molecule has 0 bridgehead atoms. The molecule has 1 aliphatic rings. The fourth-order valence-electron chi connectivity index (χ4n) is 3.28. The number of hydrogen-bond donors (Lipinski definition) is 0. The molecule has 0 unspecified atom stereocenters. The molecule has 0 atom stereocenters. The molecule has 24 heavy (non-hydrogen) atoms. The lowest BCUT2D eigenvalue weighted by atomic mass is 10.2. The topological polar surface area (TPSA) is 46.4 Å². The average Bonchev–Trinajstić information content (AvgIpc) is 3.02. The number of likely N-dealkylation sites (tertiary alicyclic amines) is 1. The normalized spacial score (nSPS) is 17.9. The van der Waals surface area contributed by atoms with E-state index in [-0.39, 0.29) is 10.6 Å². The lowest BCUT2D eigenvalue weighted by Gasteiger charge is -2.35.